The molecule has 0 saturated heterocycles. The molecule has 9 nitrogen and oxygen atoms in total. The number of hydrogen-bond donors (Lipinski definition) is 0. The van der Waals surface area contributed by atoms with E-state index in [0.29, 0.717) is 22.7 Å². The van der Waals surface area contributed by atoms with Crippen molar-refractivity contribution in [1.82, 2.24) is 4.57 Å². The second kappa shape index (κ2) is 8.80. The van der Waals surface area contributed by atoms with Gasteiger partial charge in [0.25, 0.3) is 0 Å². The van der Waals surface area contributed by atoms with Crippen LogP contribution < -0.4 is 34.5 Å². The first-order valence-corrected chi connectivity index (χ1v) is 10.2. The summed E-state index contributed by atoms with van der Waals surface area (Å²) < 4.78 is 42.4. The largest absolute Gasteiger partial charge is 0.514 e. The SMILES string of the molecule is Cc1cc(C)c2c(=O)n(-c3ccccc3)c(=O)[n+](-c3ccccc3)c-2o1.[O-][Cl+3]([O-])([O-])[O-]. The standard InChI is InChI=1S/C21H17N2O3.ClHO4/c1-14-13-15(2)26-20-18(14)19(24)22(16-9-5-3-6-10-16)21(25)23(20)17-11-7-4-8-12-17;2-1(3,4)5/h3-13H,1-2H3;(H,2,3,4,5)/q+1;/p-1. The molecule has 31 heavy (non-hydrogen) atoms. The lowest BCUT2D eigenvalue weighted by Gasteiger charge is -2.17. The van der Waals surface area contributed by atoms with Crippen LogP contribution >= 0.6 is 0 Å². The predicted octanol–water partition coefficient (Wildman–Crippen LogP) is -1.97. The molecular weight excluding hydrogens is 428 g/mol. The molecule has 0 amide bonds. The summed E-state index contributed by atoms with van der Waals surface area (Å²) in [5.74, 6) is 0.895. The normalized spacial score (nSPS) is 11.2. The number of aryl methyl sites for hydroxylation is 2. The minimum atomic E-state index is -4.94. The van der Waals surface area contributed by atoms with E-state index < -0.39 is 15.9 Å². The predicted molar refractivity (Wildman–Crippen MR) is 98.2 cm³/mol. The average Bonchev–Trinajstić information content (AvgIpc) is 2.68. The third-order valence-electron chi connectivity index (χ3n) is 4.32. The molecule has 2 aromatic rings. The maximum Gasteiger partial charge on any atom is 0.514 e. The van der Waals surface area contributed by atoms with Gasteiger partial charge in [-0.05, 0) is 49.7 Å². The molecule has 0 spiro atoms. The van der Waals surface area contributed by atoms with Gasteiger partial charge in [-0.3, -0.25) is 0 Å². The molecular formula is C21H17ClN2O7. The number of rotatable bonds is 2. The fourth-order valence-corrected chi connectivity index (χ4v) is 3.19. The molecule has 160 valence electrons. The summed E-state index contributed by atoms with van der Waals surface area (Å²) in [6.45, 7) is 3.65. The lowest BCUT2D eigenvalue weighted by Crippen LogP contribution is -2.68. The van der Waals surface area contributed by atoms with E-state index in [4.69, 9.17) is 23.1 Å². The Hall–Kier alpha value is -3.34. The van der Waals surface area contributed by atoms with Crippen LogP contribution in [0.1, 0.15) is 11.3 Å². The Bertz CT molecular complexity index is 1270. The summed E-state index contributed by atoms with van der Waals surface area (Å²) in [6, 6.07) is 19.9. The molecule has 10 heteroatoms. The molecule has 0 aliphatic carbocycles. The van der Waals surface area contributed by atoms with Crippen molar-refractivity contribution in [2.45, 2.75) is 13.8 Å². The first-order valence-electron chi connectivity index (χ1n) is 8.92. The van der Waals surface area contributed by atoms with Gasteiger partial charge in [-0.25, -0.2) is 23.4 Å². The van der Waals surface area contributed by atoms with Crippen LogP contribution in [0.25, 0.3) is 22.8 Å². The summed E-state index contributed by atoms with van der Waals surface area (Å²) in [5.41, 5.74) is 1.47. The van der Waals surface area contributed by atoms with E-state index >= 15 is 0 Å². The molecule has 0 bridgehead atoms. The summed E-state index contributed by atoms with van der Waals surface area (Å²) in [6.07, 6.45) is 0. The quantitative estimate of drug-likeness (QED) is 0.326. The van der Waals surface area contributed by atoms with Gasteiger partial charge in [0, 0.05) is 0 Å². The number of benzene rings is 2. The highest BCUT2D eigenvalue weighted by atomic mass is 35.7. The van der Waals surface area contributed by atoms with Crippen LogP contribution in [0.2, 0.25) is 0 Å². The smallest absolute Gasteiger partial charge is 0.427 e. The highest BCUT2D eigenvalue weighted by molar-refractivity contribution is 5.57. The molecule has 0 saturated carbocycles. The van der Waals surface area contributed by atoms with Crippen LogP contribution in [0.15, 0.2) is 80.7 Å². The summed E-state index contributed by atoms with van der Waals surface area (Å²) in [5, 5.41) is 0. The maximum atomic E-state index is 13.3. The van der Waals surface area contributed by atoms with Gasteiger partial charge in [0.1, 0.15) is 17.1 Å². The first kappa shape index (κ1) is 22.3. The van der Waals surface area contributed by atoms with Crippen LogP contribution in [0, 0.1) is 24.1 Å². The summed E-state index contributed by atoms with van der Waals surface area (Å²) in [7, 11) is -4.94. The number of aromatic nitrogens is 2. The van der Waals surface area contributed by atoms with E-state index in [1.54, 1.807) is 37.3 Å². The van der Waals surface area contributed by atoms with E-state index in [9.17, 15) is 9.59 Å². The van der Waals surface area contributed by atoms with Crippen LogP contribution in [-0.2, 0) is 0 Å². The number of para-hydroxylation sites is 2. The molecule has 0 fully saturated rings. The summed E-state index contributed by atoms with van der Waals surface area (Å²) in [4.78, 5) is 26.4. The van der Waals surface area contributed by atoms with Crippen molar-refractivity contribution < 1.29 is 37.9 Å². The zero-order valence-electron chi connectivity index (χ0n) is 16.5. The second-order valence-corrected chi connectivity index (χ2v) is 7.28. The first-order chi connectivity index (χ1) is 14.6. The van der Waals surface area contributed by atoms with Gasteiger partial charge in [-0.2, -0.15) is 4.79 Å². The Kier molecular flexibility index (Phi) is 6.34. The number of nitrogens with zero attached hydrogens (tertiary/aromatic N) is 2. The fourth-order valence-electron chi connectivity index (χ4n) is 3.19. The number of fused-ring (bicyclic) bond motifs is 1. The lowest BCUT2D eigenvalue weighted by molar-refractivity contribution is -2.00. The van der Waals surface area contributed by atoms with E-state index in [2.05, 4.69) is 0 Å². The van der Waals surface area contributed by atoms with Crippen LogP contribution in [0.4, 0.5) is 0 Å². The minimum Gasteiger partial charge on any atom is -0.427 e. The van der Waals surface area contributed by atoms with E-state index in [1.165, 1.54) is 9.13 Å². The van der Waals surface area contributed by atoms with Crippen molar-refractivity contribution in [2.24, 2.45) is 0 Å². The molecule has 0 radical (unpaired) electrons. The zero-order valence-corrected chi connectivity index (χ0v) is 17.2. The average molecular weight is 445 g/mol. The Morgan fingerprint density at radius 1 is 0.871 bits per heavy atom. The Morgan fingerprint density at radius 3 is 1.94 bits per heavy atom. The van der Waals surface area contributed by atoms with Gasteiger partial charge in [-0.1, -0.05) is 36.4 Å². The molecule has 2 aliphatic heterocycles. The number of halogens is 1. The minimum absolute atomic E-state index is 0.260. The van der Waals surface area contributed by atoms with Crippen molar-refractivity contribution in [3.8, 4) is 22.8 Å². The van der Waals surface area contributed by atoms with E-state index in [1.807, 2.05) is 43.3 Å². The Morgan fingerprint density at radius 2 is 1.39 bits per heavy atom. The van der Waals surface area contributed by atoms with Crippen molar-refractivity contribution in [3.63, 3.8) is 0 Å². The number of hydrogen-bond acceptors (Lipinski definition) is 7. The molecule has 2 aliphatic rings. The lowest BCUT2D eigenvalue weighted by atomic mass is 10.1. The van der Waals surface area contributed by atoms with E-state index in [0.717, 1.165) is 5.56 Å². The van der Waals surface area contributed by atoms with Crippen molar-refractivity contribution in [1.29, 1.82) is 0 Å². The van der Waals surface area contributed by atoms with Gasteiger partial charge in [-0.15, -0.1) is 19.4 Å². The fraction of sp³-hybridized carbons (Fsp3) is 0.0952. The van der Waals surface area contributed by atoms with Crippen LogP contribution in [0.3, 0.4) is 0 Å². The Labute approximate surface area is 178 Å². The molecule has 2 heterocycles. The van der Waals surface area contributed by atoms with Crippen molar-refractivity contribution in [2.75, 3.05) is 0 Å². The monoisotopic (exact) mass is 444 g/mol. The zero-order chi connectivity index (χ0) is 22.8. The molecule has 0 atom stereocenters. The van der Waals surface area contributed by atoms with Gasteiger partial charge >= 0.3 is 17.1 Å². The van der Waals surface area contributed by atoms with Crippen molar-refractivity contribution >= 4 is 0 Å². The van der Waals surface area contributed by atoms with Gasteiger partial charge in [0.15, 0.2) is 5.56 Å². The summed E-state index contributed by atoms with van der Waals surface area (Å²) >= 11 is 0. The second-order valence-electron chi connectivity index (χ2n) is 6.53. The van der Waals surface area contributed by atoms with E-state index in [-0.39, 0.29) is 11.4 Å². The maximum absolute atomic E-state index is 13.3. The van der Waals surface area contributed by atoms with Gasteiger partial charge < -0.3 is 4.42 Å². The molecule has 0 aromatic heterocycles. The van der Waals surface area contributed by atoms with Crippen molar-refractivity contribution in [3.05, 3.63) is 98.9 Å². The Balaban J connectivity index is 0.000000491. The molecule has 2 aromatic carbocycles. The van der Waals surface area contributed by atoms with Gasteiger partial charge in [0.2, 0.25) is 0 Å². The van der Waals surface area contributed by atoms with Crippen LogP contribution in [-0.4, -0.2) is 4.57 Å². The highest BCUT2D eigenvalue weighted by Gasteiger charge is 2.32. The highest BCUT2D eigenvalue weighted by Crippen LogP contribution is 2.21. The molecule has 0 N–H and O–H groups in total. The molecule has 4 rings (SSSR count). The topological polar surface area (TPSA) is 148 Å². The third kappa shape index (κ3) is 5.05. The van der Waals surface area contributed by atoms with Gasteiger partial charge in [0.05, 0.1) is 0 Å². The molecule has 0 unspecified atom stereocenters. The van der Waals surface area contributed by atoms with Crippen LogP contribution in [0.5, 0.6) is 0 Å². The third-order valence-corrected chi connectivity index (χ3v) is 4.32.